The average molecular weight is 547 g/mol. The van der Waals surface area contributed by atoms with Gasteiger partial charge in [0.05, 0.1) is 18.8 Å². The van der Waals surface area contributed by atoms with Gasteiger partial charge >= 0.3 is 0 Å². The molecule has 3 N–H and O–H groups in total. The molecule has 2 aromatic carbocycles. The zero-order valence-electron chi connectivity index (χ0n) is 23.9. The number of Topliss-reactive ketones (excluding diaryl/α,β-unsaturated/α-hetero) is 1. The molecule has 1 aliphatic carbocycles. The van der Waals surface area contributed by atoms with Crippen molar-refractivity contribution in [3.05, 3.63) is 83.4 Å². The minimum absolute atomic E-state index is 0.0270. The quantitative estimate of drug-likeness (QED) is 0.287. The van der Waals surface area contributed by atoms with Crippen molar-refractivity contribution in [2.24, 2.45) is 10.8 Å². The Morgan fingerprint density at radius 2 is 1.65 bits per heavy atom. The van der Waals surface area contributed by atoms with Crippen LogP contribution in [0.5, 0.6) is 0 Å². The SMILES string of the molecule is CN(/N=C1/CCC=C(CC(=O)[C@@H](COCc2ccccc2)NC(=O)C(C)(C)N)CC1)C(=O)CCc1ccccc1. The Balaban J connectivity index is 1.53. The average Bonchev–Trinajstić information content (AvgIpc) is 3.16. The predicted molar refractivity (Wildman–Crippen MR) is 157 cm³/mol. The predicted octanol–water partition coefficient (Wildman–Crippen LogP) is 4.33. The molecule has 0 aliphatic heterocycles. The van der Waals surface area contributed by atoms with Gasteiger partial charge in [-0.3, -0.25) is 14.4 Å². The smallest absolute Gasteiger partial charge is 0.242 e. The Morgan fingerprint density at radius 1 is 1.00 bits per heavy atom. The molecule has 0 saturated carbocycles. The molecule has 0 aromatic heterocycles. The molecule has 0 radical (unpaired) electrons. The summed E-state index contributed by atoms with van der Waals surface area (Å²) in [6.45, 7) is 3.61. The molecule has 1 atom stereocenters. The summed E-state index contributed by atoms with van der Waals surface area (Å²) in [5.74, 6) is -0.551. The lowest BCUT2D eigenvalue weighted by Gasteiger charge is -2.24. The Labute approximate surface area is 237 Å². The monoisotopic (exact) mass is 546 g/mol. The van der Waals surface area contributed by atoms with Crippen LogP contribution in [0.15, 0.2) is 77.4 Å². The fraction of sp³-hybridized carbons (Fsp3) is 0.438. The molecule has 0 bridgehead atoms. The molecule has 0 unspecified atom stereocenters. The number of nitrogens with one attached hydrogen (secondary N) is 1. The summed E-state index contributed by atoms with van der Waals surface area (Å²) >= 11 is 0. The second-order valence-electron chi connectivity index (χ2n) is 10.9. The summed E-state index contributed by atoms with van der Waals surface area (Å²) in [4.78, 5) is 38.5. The van der Waals surface area contributed by atoms with Crippen LogP contribution in [0.4, 0.5) is 0 Å². The van der Waals surface area contributed by atoms with E-state index in [0.717, 1.165) is 35.3 Å². The van der Waals surface area contributed by atoms with Crippen LogP contribution in [0.1, 0.15) is 63.5 Å². The van der Waals surface area contributed by atoms with Crippen LogP contribution in [-0.2, 0) is 32.1 Å². The number of carbonyl (C=O) groups excluding carboxylic acids is 3. The van der Waals surface area contributed by atoms with E-state index in [0.29, 0.717) is 32.3 Å². The van der Waals surface area contributed by atoms with Gasteiger partial charge in [-0.05, 0) is 57.1 Å². The summed E-state index contributed by atoms with van der Waals surface area (Å²) in [6.07, 6.45) is 6.18. The number of nitrogens with two attached hydrogens (primary N) is 1. The van der Waals surface area contributed by atoms with E-state index in [1.54, 1.807) is 20.9 Å². The van der Waals surface area contributed by atoms with E-state index in [2.05, 4.69) is 16.5 Å². The highest BCUT2D eigenvalue weighted by molar-refractivity contribution is 5.93. The van der Waals surface area contributed by atoms with Crippen LogP contribution < -0.4 is 11.1 Å². The van der Waals surface area contributed by atoms with Gasteiger partial charge in [-0.1, -0.05) is 72.3 Å². The number of ketones is 1. The molecule has 40 heavy (non-hydrogen) atoms. The van der Waals surface area contributed by atoms with Crippen LogP contribution >= 0.6 is 0 Å². The number of ether oxygens (including phenoxy) is 1. The first kappa shape index (κ1) is 30.9. The molecule has 0 spiro atoms. The molecule has 3 rings (SSSR count). The molecule has 0 fully saturated rings. The van der Waals surface area contributed by atoms with Gasteiger partial charge < -0.3 is 15.8 Å². The van der Waals surface area contributed by atoms with Crippen molar-refractivity contribution >= 4 is 23.3 Å². The lowest BCUT2D eigenvalue weighted by molar-refractivity contribution is -0.131. The van der Waals surface area contributed by atoms with Crippen LogP contribution in [-0.4, -0.2) is 53.6 Å². The standard InChI is InChI=1S/C32H42N4O4/c1-32(2,33)31(39)34-28(23-40-22-26-13-8-5-9-14-26)29(37)21-25-15-10-16-27(19-17-25)35-36(3)30(38)20-18-24-11-6-4-7-12-24/h4-9,11-15,28H,10,16-23,33H2,1-3H3,(H,34,39)/b35-27-/t28-/m1/s1. The van der Waals surface area contributed by atoms with Crippen LogP contribution in [0.2, 0.25) is 0 Å². The minimum Gasteiger partial charge on any atom is -0.374 e. The molecule has 1 aliphatic rings. The number of hydrogen-bond acceptors (Lipinski definition) is 6. The number of carbonyl (C=O) groups is 3. The number of rotatable bonds is 13. The second kappa shape index (κ2) is 15.2. The lowest BCUT2D eigenvalue weighted by Crippen LogP contribution is -2.55. The Morgan fingerprint density at radius 3 is 2.30 bits per heavy atom. The Kier molecular flexibility index (Phi) is 11.8. The first-order valence-electron chi connectivity index (χ1n) is 13.9. The van der Waals surface area contributed by atoms with E-state index in [1.165, 1.54) is 5.01 Å². The van der Waals surface area contributed by atoms with Crippen LogP contribution in [0.3, 0.4) is 0 Å². The molecule has 8 nitrogen and oxygen atoms in total. The van der Waals surface area contributed by atoms with Gasteiger partial charge in [-0.15, -0.1) is 0 Å². The molecular weight excluding hydrogens is 504 g/mol. The van der Waals surface area contributed by atoms with E-state index in [9.17, 15) is 14.4 Å². The number of nitrogens with zero attached hydrogens (tertiary/aromatic N) is 2. The number of hydrogen-bond donors (Lipinski definition) is 2. The molecular formula is C32H42N4O4. The largest absolute Gasteiger partial charge is 0.374 e. The summed E-state index contributed by atoms with van der Waals surface area (Å²) in [5.41, 5.74) is 8.90. The fourth-order valence-electron chi connectivity index (χ4n) is 4.34. The van der Waals surface area contributed by atoms with Crippen molar-refractivity contribution in [3.63, 3.8) is 0 Å². The Bertz CT molecular complexity index is 1190. The first-order valence-corrected chi connectivity index (χ1v) is 13.9. The van der Waals surface area contributed by atoms with E-state index in [4.69, 9.17) is 10.5 Å². The third kappa shape index (κ3) is 10.5. The van der Waals surface area contributed by atoms with Gasteiger partial charge in [-0.25, -0.2) is 5.01 Å². The number of hydrazone groups is 1. The van der Waals surface area contributed by atoms with Crippen molar-refractivity contribution in [1.82, 2.24) is 10.3 Å². The molecule has 214 valence electrons. The maximum atomic E-state index is 13.3. The summed E-state index contributed by atoms with van der Waals surface area (Å²) < 4.78 is 5.81. The zero-order valence-corrected chi connectivity index (χ0v) is 23.9. The van der Waals surface area contributed by atoms with E-state index in [-0.39, 0.29) is 24.7 Å². The molecule has 2 aromatic rings. The number of amides is 2. The lowest BCUT2D eigenvalue weighted by atomic mass is 9.99. The number of benzene rings is 2. The topological polar surface area (TPSA) is 114 Å². The number of allylic oxidation sites excluding steroid dienone is 2. The molecule has 8 heteroatoms. The van der Waals surface area contributed by atoms with E-state index >= 15 is 0 Å². The summed E-state index contributed by atoms with van der Waals surface area (Å²) in [6, 6.07) is 18.8. The molecule has 0 saturated heterocycles. The van der Waals surface area contributed by atoms with Gasteiger partial charge in [0.1, 0.15) is 6.04 Å². The van der Waals surface area contributed by atoms with Gasteiger partial charge in [0.25, 0.3) is 0 Å². The highest BCUT2D eigenvalue weighted by Crippen LogP contribution is 2.20. The summed E-state index contributed by atoms with van der Waals surface area (Å²) in [7, 11) is 1.70. The van der Waals surface area contributed by atoms with Crippen LogP contribution in [0.25, 0.3) is 0 Å². The van der Waals surface area contributed by atoms with E-state index < -0.39 is 17.5 Å². The zero-order chi connectivity index (χ0) is 29.0. The van der Waals surface area contributed by atoms with Gasteiger partial charge in [0, 0.05) is 25.6 Å². The molecule has 2 amide bonds. The first-order chi connectivity index (χ1) is 19.1. The van der Waals surface area contributed by atoms with Crippen LogP contribution in [0, 0.1) is 0 Å². The Hall–Kier alpha value is -3.62. The van der Waals surface area contributed by atoms with Crippen molar-refractivity contribution in [1.29, 1.82) is 0 Å². The fourth-order valence-corrected chi connectivity index (χ4v) is 4.34. The van der Waals surface area contributed by atoms with Crippen molar-refractivity contribution < 1.29 is 19.1 Å². The third-order valence-corrected chi connectivity index (χ3v) is 6.80. The maximum Gasteiger partial charge on any atom is 0.242 e. The van der Waals surface area contributed by atoms with Crippen molar-refractivity contribution in [2.45, 2.75) is 77.0 Å². The second-order valence-corrected chi connectivity index (χ2v) is 10.9. The van der Waals surface area contributed by atoms with E-state index in [1.807, 2.05) is 60.7 Å². The van der Waals surface area contributed by atoms with Gasteiger partial charge in [-0.2, -0.15) is 5.10 Å². The maximum absolute atomic E-state index is 13.3. The normalized spacial score (nSPS) is 15.6. The third-order valence-electron chi connectivity index (χ3n) is 6.80. The highest BCUT2D eigenvalue weighted by atomic mass is 16.5. The summed E-state index contributed by atoms with van der Waals surface area (Å²) in [5, 5.41) is 8.81. The van der Waals surface area contributed by atoms with Gasteiger partial charge in [0.15, 0.2) is 5.78 Å². The highest BCUT2D eigenvalue weighted by Gasteiger charge is 2.28. The number of aryl methyl sites for hydroxylation is 1. The minimum atomic E-state index is -1.12. The molecule has 0 heterocycles. The van der Waals surface area contributed by atoms with Gasteiger partial charge in [0.2, 0.25) is 11.8 Å². The van der Waals surface area contributed by atoms with Crippen molar-refractivity contribution in [2.75, 3.05) is 13.7 Å². The van der Waals surface area contributed by atoms with Crippen molar-refractivity contribution in [3.8, 4) is 0 Å².